The average Bonchev–Trinajstić information content (AvgIpc) is 2.37. The Hall–Kier alpha value is -0.900. The van der Waals surface area contributed by atoms with Crippen LogP contribution in [-0.2, 0) is 9.59 Å². The second kappa shape index (κ2) is 13.5. The Morgan fingerprint density at radius 3 is 1.79 bits per heavy atom. The Morgan fingerprint density at radius 1 is 0.789 bits per heavy atom. The van der Waals surface area contributed by atoms with E-state index in [1.807, 2.05) is 0 Å². The Morgan fingerprint density at radius 2 is 1.26 bits per heavy atom. The van der Waals surface area contributed by atoms with Crippen LogP contribution in [0, 0.1) is 0 Å². The standard InChI is InChI=1S/C15H30N2O2/c1-2-3-4-5-6-7-8-9-10-11-14(18)17-15(19)12-13-16/h2-13,16H2,1H3,(H,17,18,19). The molecule has 0 fully saturated rings. The van der Waals surface area contributed by atoms with Gasteiger partial charge in [0.25, 0.3) is 0 Å². The fraction of sp³-hybridized carbons (Fsp3) is 0.867. The van der Waals surface area contributed by atoms with E-state index in [-0.39, 0.29) is 24.8 Å². The van der Waals surface area contributed by atoms with Crippen molar-refractivity contribution in [3.05, 3.63) is 0 Å². The van der Waals surface area contributed by atoms with Gasteiger partial charge in [-0.1, -0.05) is 58.3 Å². The number of hydrogen-bond acceptors (Lipinski definition) is 3. The van der Waals surface area contributed by atoms with Crippen molar-refractivity contribution in [3.63, 3.8) is 0 Å². The molecule has 4 nitrogen and oxygen atoms in total. The third kappa shape index (κ3) is 13.3. The van der Waals surface area contributed by atoms with Crippen molar-refractivity contribution in [2.24, 2.45) is 5.73 Å². The molecule has 0 aliphatic heterocycles. The van der Waals surface area contributed by atoms with Crippen LogP contribution < -0.4 is 11.1 Å². The summed E-state index contributed by atoms with van der Waals surface area (Å²) < 4.78 is 0. The van der Waals surface area contributed by atoms with E-state index in [1.54, 1.807) is 0 Å². The monoisotopic (exact) mass is 270 g/mol. The maximum absolute atomic E-state index is 11.4. The van der Waals surface area contributed by atoms with Gasteiger partial charge >= 0.3 is 0 Å². The summed E-state index contributed by atoms with van der Waals surface area (Å²) in [4.78, 5) is 22.5. The maximum Gasteiger partial charge on any atom is 0.227 e. The van der Waals surface area contributed by atoms with E-state index in [2.05, 4.69) is 12.2 Å². The van der Waals surface area contributed by atoms with Crippen molar-refractivity contribution in [1.29, 1.82) is 0 Å². The van der Waals surface area contributed by atoms with E-state index in [4.69, 9.17) is 5.73 Å². The first kappa shape index (κ1) is 18.1. The average molecular weight is 270 g/mol. The molecule has 3 N–H and O–H groups in total. The molecule has 0 aromatic carbocycles. The predicted molar refractivity (Wildman–Crippen MR) is 78.7 cm³/mol. The lowest BCUT2D eigenvalue weighted by atomic mass is 10.1. The van der Waals surface area contributed by atoms with Gasteiger partial charge in [0.15, 0.2) is 0 Å². The van der Waals surface area contributed by atoms with Crippen molar-refractivity contribution in [2.45, 2.75) is 77.6 Å². The van der Waals surface area contributed by atoms with Gasteiger partial charge in [0.1, 0.15) is 0 Å². The Kier molecular flexibility index (Phi) is 12.9. The lowest BCUT2D eigenvalue weighted by molar-refractivity contribution is -0.130. The van der Waals surface area contributed by atoms with Gasteiger partial charge in [0.2, 0.25) is 11.8 Å². The minimum Gasteiger partial charge on any atom is -0.330 e. The zero-order chi connectivity index (χ0) is 14.3. The van der Waals surface area contributed by atoms with Gasteiger partial charge < -0.3 is 5.73 Å². The first-order valence-electron chi connectivity index (χ1n) is 7.73. The Bertz CT molecular complexity index is 242. The zero-order valence-corrected chi connectivity index (χ0v) is 12.4. The minimum atomic E-state index is -0.261. The lowest BCUT2D eigenvalue weighted by Crippen LogP contribution is -2.31. The zero-order valence-electron chi connectivity index (χ0n) is 12.4. The van der Waals surface area contributed by atoms with Gasteiger partial charge in [-0.2, -0.15) is 0 Å². The summed E-state index contributed by atoms with van der Waals surface area (Å²) in [5, 5.41) is 2.35. The quantitative estimate of drug-likeness (QED) is 0.536. The summed E-state index contributed by atoms with van der Waals surface area (Å²) >= 11 is 0. The molecule has 0 atom stereocenters. The molecule has 0 spiro atoms. The summed E-state index contributed by atoms with van der Waals surface area (Å²) in [7, 11) is 0. The van der Waals surface area contributed by atoms with Crippen LogP contribution in [0.3, 0.4) is 0 Å². The van der Waals surface area contributed by atoms with Crippen molar-refractivity contribution in [3.8, 4) is 0 Å². The number of carbonyl (C=O) groups is 2. The van der Waals surface area contributed by atoms with Crippen molar-refractivity contribution >= 4 is 11.8 Å². The number of nitrogens with two attached hydrogens (primary N) is 1. The lowest BCUT2D eigenvalue weighted by Gasteiger charge is -2.03. The number of unbranched alkanes of at least 4 members (excludes halogenated alkanes) is 8. The molecule has 0 aromatic rings. The molecule has 0 aliphatic rings. The number of rotatable bonds is 12. The van der Waals surface area contributed by atoms with Crippen LogP contribution in [0.1, 0.15) is 77.6 Å². The molecule has 112 valence electrons. The molecule has 0 heterocycles. The summed E-state index contributed by atoms with van der Waals surface area (Å²) in [6.07, 6.45) is 11.7. The first-order chi connectivity index (χ1) is 9.20. The third-order valence-electron chi connectivity index (χ3n) is 3.16. The molecule has 0 radical (unpaired) electrons. The van der Waals surface area contributed by atoms with Gasteiger partial charge in [-0.15, -0.1) is 0 Å². The van der Waals surface area contributed by atoms with E-state index >= 15 is 0 Å². The van der Waals surface area contributed by atoms with E-state index in [1.165, 1.54) is 44.9 Å². The molecule has 0 saturated carbocycles. The summed E-state index contributed by atoms with van der Waals surface area (Å²) in [5.74, 6) is -0.426. The fourth-order valence-corrected chi connectivity index (χ4v) is 2.01. The second-order valence-corrected chi connectivity index (χ2v) is 5.09. The Balaban J connectivity index is 3.25. The second-order valence-electron chi connectivity index (χ2n) is 5.09. The van der Waals surface area contributed by atoms with Gasteiger partial charge in [-0.05, 0) is 6.42 Å². The maximum atomic E-state index is 11.4. The number of carbonyl (C=O) groups excluding carboxylic acids is 2. The van der Waals surface area contributed by atoms with Crippen molar-refractivity contribution in [2.75, 3.05) is 6.54 Å². The summed E-state index contributed by atoms with van der Waals surface area (Å²) in [6.45, 7) is 2.51. The van der Waals surface area contributed by atoms with E-state index < -0.39 is 0 Å². The van der Waals surface area contributed by atoms with Crippen LogP contribution in [0.25, 0.3) is 0 Å². The molecule has 0 unspecified atom stereocenters. The third-order valence-corrected chi connectivity index (χ3v) is 3.16. The van der Waals surface area contributed by atoms with E-state index in [0.717, 1.165) is 12.8 Å². The summed E-state index contributed by atoms with van der Waals surface area (Å²) in [6, 6.07) is 0. The number of hydrogen-bond donors (Lipinski definition) is 2. The van der Waals surface area contributed by atoms with Gasteiger partial charge in [-0.3, -0.25) is 14.9 Å². The van der Waals surface area contributed by atoms with Gasteiger partial charge in [0.05, 0.1) is 0 Å². The largest absolute Gasteiger partial charge is 0.330 e. The highest BCUT2D eigenvalue weighted by molar-refractivity contribution is 5.95. The fourth-order valence-electron chi connectivity index (χ4n) is 2.01. The van der Waals surface area contributed by atoms with Crippen LogP contribution in [0.15, 0.2) is 0 Å². The number of nitrogens with one attached hydrogen (secondary N) is 1. The van der Waals surface area contributed by atoms with Crippen molar-refractivity contribution < 1.29 is 9.59 Å². The SMILES string of the molecule is CCCCCCCCCCCC(=O)NC(=O)CCN. The van der Waals surface area contributed by atoms with E-state index in [0.29, 0.717) is 6.42 Å². The van der Waals surface area contributed by atoms with Crippen LogP contribution in [0.4, 0.5) is 0 Å². The first-order valence-corrected chi connectivity index (χ1v) is 7.73. The molecule has 0 aromatic heterocycles. The molecule has 19 heavy (non-hydrogen) atoms. The molecule has 0 rings (SSSR count). The topological polar surface area (TPSA) is 72.2 Å². The molecular weight excluding hydrogens is 240 g/mol. The molecule has 4 heteroatoms. The van der Waals surface area contributed by atoms with Crippen LogP contribution in [0.5, 0.6) is 0 Å². The predicted octanol–water partition coefficient (Wildman–Crippen LogP) is 2.90. The van der Waals surface area contributed by atoms with Crippen molar-refractivity contribution in [1.82, 2.24) is 5.32 Å². The Labute approximate surface area is 117 Å². The number of amides is 2. The molecule has 2 amide bonds. The minimum absolute atomic E-state index is 0.165. The van der Waals surface area contributed by atoms with Gasteiger partial charge in [0, 0.05) is 19.4 Å². The number of imide groups is 1. The summed E-state index contributed by atoms with van der Waals surface area (Å²) in [5.41, 5.74) is 5.23. The van der Waals surface area contributed by atoms with E-state index in [9.17, 15) is 9.59 Å². The van der Waals surface area contributed by atoms with Crippen LogP contribution in [0.2, 0.25) is 0 Å². The highest BCUT2D eigenvalue weighted by Crippen LogP contribution is 2.10. The van der Waals surface area contributed by atoms with Crippen LogP contribution >= 0.6 is 0 Å². The molecule has 0 saturated heterocycles. The highest BCUT2D eigenvalue weighted by Gasteiger charge is 2.05. The normalized spacial score (nSPS) is 10.4. The molecule has 0 bridgehead atoms. The smallest absolute Gasteiger partial charge is 0.227 e. The van der Waals surface area contributed by atoms with Crippen LogP contribution in [-0.4, -0.2) is 18.4 Å². The highest BCUT2D eigenvalue weighted by atomic mass is 16.2. The van der Waals surface area contributed by atoms with Gasteiger partial charge in [-0.25, -0.2) is 0 Å². The molecule has 0 aliphatic carbocycles. The molecular formula is C15H30N2O2.